The van der Waals surface area contributed by atoms with Crippen molar-refractivity contribution in [1.29, 1.82) is 0 Å². The Kier molecular flexibility index (Phi) is 4.25. The molecule has 1 aliphatic rings. The van der Waals surface area contributed by atoms with Gasteiger partial charge in [-0.15, -0.1) is 0 Å². The van der Waals surface area contributed by atoms with Crippen LogP contribution in [0, 0.1) is 6.92 Å². The minimum Gasteiger partial charge on any atom is -0.487 e. The fraction of sp³-hybridized carbons (Fsp3) is 0.316. The maximum atomic E-state index is 11.4. The fourth-order valence-electron chi connectivity index (χ4n) is 2.74. The lowest BCUT2D eigenvalue weighted by molar-refractivity contribution is 0.0141. The van der Waals surface area contributed by atoms with Gasteiger partial charge >= 0.3 is 0 Å². The van der Waals surface area contributed by atoms with Gasteiger partial charge in [0.25, 0.3) is 0 Å². The number of ketones is 1. The normalized spacial score (nSPS) is 15.4. The lowest BCUT2D eigenvalue weighted by Crippen LogP contribution is -2.53. The third-order valence-corrected chi connectivity index (χ3v) is 4.05. The van der Waals surface area contributed by atoms with Crippen molar-refractivity contribution in [3.05, 3.63) is 65.2 Å². The summed E-state index contributed by atoms with van der Waals surface area (Å²) < 4.78 is 6.02. The van der Waals surface area contributed by atoms with E-state index in [1.807, 2.05) is 36.4 Å². The molecule has 114 valence electrons. The molecule has 0 aliphatic carbocycles. The van der Waals surface area contributed by atoms with Crippen LogP contribution in [-0.4, -0.2) is 29.9 Å². The van der Waals surface area contributed by atoms with Gasteiger partial charge in [-0.1, -0.05) is 36.4 Å². The molecule has 3 heteroatoms. The molecule has 0 atom stereocenters. The summed E-state index contributed by atoms with van der Waals surface area (Å²) in [5.41, 5.74) is 3.14. The molecule has 0 aromatic heterocycles. The standard InChI is InChI=1S/C19H21NO2/c1-14-6-3-4-9-19(14)22-18-12-20(13-18)11-16-7-5-8-17(10-16)15(2)21/h3-10,18H,11-13H2,1-2H3. The minimum absolute atomic E-state index is 0.117. The molecule has 3 nitrogen and oxygen atoms in total. The Balaban J connectivity index is 1.53. The maximum Gasteiger partial charge on any atom is 0.159 e. The average molecular weight is 295 g/mol. The van der Waals surface area contributed by atoms with Crippen LogP contribution < -0.4 is 4.74 Å². The summed E-state index contributed by atoms with van der Waals surface area (Å²) in [6.45, 7) is 6.40. The summed E-state index contributed by atoms with van der Waals surface area (Å²) in [6.07, 6.45) is 0.261. The molecule has 2 aromatic carbocycles. The van der Waals surface area contributed by atoms with Crippen LogP contribution in [0.15, 0.2) is 48.5 Å². The minimum atomic E-state index is 0.117. The Morgan fingerprint density at radius 3 is 2.68 bits per heavy atom. The van der Waals surface area contributed by atoms with Crippen molar-refractivity contribution in [1.82, 2.24) is 4.90 Å². The Bertz CT molecular complexity index is 675. The van der Waals surface area contributed by atoms with Gasteiger partial charge in [0.05, 0.1) is 0 Å². The molecule has 0 saturated carbocycles. The SMILES string of the molecule is CC(=O)c1cccc(CN2CC(Oc3ccccc3C)C2)c1. The molecule has 1 heterocycles. The molecule has 0 N–H and O–H groups in total. The van der Waals surface area contributed by atoms with Crippen LogP contribution in [0.1, 0.15) is 28.4 Å². The van der Waals surface area contributed by atoms with Crippen molar-refractivity contribution in [2.75, 3.05) is 13.1 Å². The largest absolute Gasteiger partial charge is 0.487 e. The van der Waals surface area contributed by atoms with Crippen LogP contribution in [0.4, 0.5) is 0 Å². The number of ether oxygens (including phenoxy) is 1. The van der Waals surface area contributed by atoms with Crippen LogP contribution in [0.3, 0.4) is 0 Å². The topological polar surface area (TPSA) is 29.5 Å². The molecule has 1 aliphatic heterocycles. The van der Waals surface area contributed by atoms with Gasteiger partial charge in [-0.25, -0.2) is 0 Å². The van der Waals surface area contributed by atoms with E-state index in [2.05, 4.69) is 24.0 Å². The number of aryl methyl sites for hydroxylation is 1. The number of carbonyl (C=O) groups is 1. The van der Waals surface area contributed by atoms with Crippen molar-refractivity contribution in [3.8, 4) is 5.75 Å². The molecule has 1 fully saturated rings. The second-order valence-electron chi connectivity index (χ2n) is 5.96. The number of Topliss-reactive ketones (excluding diaryl/α,β-unsaturated/α-hetero) is 1. The lowest BCUT2D eigenvalue weighted by Gasteiger charge is -2.39. The lowest BCUT2D eigenvalue weighted by atomic mass is 10.1. The van der Waals surface area contributed by atoms with Crippen LogP contribution in [0.5, 0.6) is 5.75 Å². The second kappa shape index (κ2) is 6.32. The summed E-state index contributed by atoms with van der Waals surface area (Å²) in [4.78, 5) is 13.8. The van der Waals surface area contributed by atoms with Gasteiger partial charge in [-0.2, -0.15) is 0 Å². The van der Waals surface area contributed by atoms with Crippen molar-refractivity contribution >= 4 is 5.78 Å². The van der Waals surface area contributed by atoms with E-state index in [1.165, 1.54) is 11.1 Å². The molecular weight excluding hydrogens is 274 g/mol. The zero-order valence-electron chi connectivity index (χ0n) is 13.1. The first-order valence-corrected chi connectivity index (χ1v) is 7.66. The van der Waals surface area contributed by atoms with Gasteiger partial charge in [0.2, 0.25) is 0 Å². The number of likely N-dealkylation sites (tertiary alicyclic amines) is 1. The summed E-state index contributed by atoms with van der Waals surface area (Å²) in [7, 11) is 0. The van der Waals surface area contributed by atoms with Crippen LogP contribution in [0.2, 0.25) is 0 Å². The number of benzene rings is 2. The van der Waals surface area contributed by atoms with Crippen molar-refractivity contribution in [3.63, 3.8) is 0 Å². The number of hydrogen-bond acceptors (Lipinski definition) is 3. The predicted octanol–water partition coefficient (Wildman–Crippen LogP) is 3.46. The van der Waals surface area contributed by atoms with E-state index in [4.69, 9.17) is 4.74 Å². The molecule has 1 saturated heterocycles. The van der Waals surface area contributed by atoms with Crippen LogP contribution in [0.25, 0.3) is 0 Å². The zero-order valence-corrected chi connectivity index (χ0v) is 13.1. The van der Waals surface area contributed by atoms with E-state index in [9.17, 15) is 4.79 Å². The smallest absolute Gasteiger partial charge is 0.159 e. The Morgan fingerprint density at radius 2 is 1.95 bits per heavy atom. The molecule has 0 radical (unpaired) electrons. The van der Waals surface area contributed by atoms with Gasteiger partial charge in [0, 0.05) is 25.2 Å². The molecule has 0 bridgehead atoms. The molecule has 2 aromatic rings. The number of hydrogen-bond donors (Lipinski definition) is 0. The molecule has 0 unspecified atom stereocenters. The summed E-state index contributed by atoms with van der Waals surface area (Å²) in [5, 5.41) is 0. The first kappa shape index (κ1) is 14.8. The molecule has 0 spiro atoms. The van der Waals surface area contributed by atoms with Gasteiger partial charge in [-0.3, -0.25) is 9.69 Å². The third-order valence-electron chi connectivity index (χ3n) is 4.05. The molecule has 22 heavy (non-hydrogen) atoms. The quantitative estimate of drug-likeness (QED) is 0.791. The van der Waals surface area contributed by atoms with Gasteiger partial charge < -0.3 is 4.74 Å². The zero-order chi connectivity index (χ0) is 15.5. The highest BCUT2D eigenvalue weighted by Gasteiger charge is 2.28. The number of nitrogens with zero attached hydrogens (tertiary/aromatic N) is 1. The Morgan fingerprint density at radius 1 is 1.18 bits per heavy atom. The monoisotopic (exact) mass is 295 g/mol. The fourth-order valence-corrected chi connectivity index (χ4v) is 2.74. The first-order chi connectivity index (χ1) is 10.6. The number of para-hydroxylation sites is 1. The number of carbonyl (C=O) groups excluding carboxylic acids is 1. The summed E-state index contributed by atoms with van der Waals surface area (Å²) >= 11 is 0. The highest BCUT2D eigenvalue weighted by molar-refractivity contribution is 5.94. The predicted molar refractivity (Wildman–Crippen MR) is 87.3 cm³/mol. The van der Waals surface area contributed by atoms with E-state index in [1.54, 1.807) is 6.92 Å². The van der Waals surface area contributed by atoms with E-state index in [0.717, 1.165) is 30.9 Å². The van der Waals surface area contributed by atoms with E-state index in [-0.39, 0.29) is 11.9 Å². The highest BCUT2D eigenvalue weighted by atomic mass is 16.5. The second-order valence-corrected chi connectivity index (χ2v) is 5.96. The van der Waals surface area contributed by atoms with Gasteiger partial charge in [-0.05, 0) is 37.1 Å². The van der Waals surface area contributed by atoms with E-state index < -0.39 is 0 Å². The van der Waals surface area contributed by atoms with Gasteiger partial charge in [0.15, 0.2) is 5.78 Å². The first-order valence-electron chi connectivity index (χ1n) is 7.66. The van der Waals surface area contributed by atoms with E-state index in [0.29, 0.717) is 0 Å². The van der Waals surface area contributed by atoms with Gasteiger partial charge in [0.1, 0.15) is 11.9 Å². The molecular formula is C19H21NO2. The Labute approximate surface area is 131 Å². The summed E-state index contributed by atoms with van der Waals surface area (Å²) in [6, 6.07) is 16.0. The maximum absolute atomic E-state index is 11.4. The third kappa shape index (κ3) is 3.37. The molecule has 3 rings (SSSR count). The number of rotatable bonds is 5. The highest BCUT2D eigenvalue weighted by Crippen LogP contribution is 2.23. The molecule has 0 amide bonds. The van der Waals surface area contributed by atoms with Crippen molar-refractivity contribution in [2.45, 2.75) is 26.5 Å². The Hall–Kier alpha value is -2.13. The van der Waals surface area contributed by atoms with E-state index >= 15 is 0 Å². The average Bonchev–Trinajstić information content (AvgIpc) is 2.47. The van der Waals surface area contributed by atoms with Crippen molar-refractivity contribution in [2.24, 2.45) is 0 Å². The summed E-state index contributed by atoms with van der Waals surface area (Å²) in [5.74, 6) is 1.09. The van der Waals surface area contributed by atoms with Crippen molar-refractivity contribution < 1.29 is 9.53 Å². The van der Waals surface area contributed by atoms with Crippen LogP contribution >= 0.6 is 0 Å². The van der Waals surface area contributed by atoms with Crippen LogP contribution in [-0.2, 0) is 6.54 Å².